The number of aromatic nitrogens is 1. The maximum Gasteiger partial charge on any atom is 0.270 e. The van der Waals surface area contributed by atoms with Crippen molar-refractivity contribution in [1.82, 2.24) is 10.3 Å². The van der Waals surface area contributed by atoms with Crippen LogP contribution in [0, 0.1) is 0 Å². The molecule has 0 saturated heterocycles. The van der Waals surface area contributed by atoms with Crippen LogP contribution in [0.4, 0.5) is 5.82 Å². The normalized spacial score (nSPS) is 15.8. The zero-order chi connectivity index (χ0) is 14.2. The van der Waals surface area contributed by atoms with Crippen LogP contribution < -0.4 is 16.6 Å². The van der Waals surface area contributed by atoms with E-state index in [0.717, 1.165) is 12.8 Å². The third-order valence-corrected chi connectivity index (χ3v) is 3.42. The number of carbonyl (C=O) groups is 1. The van der Waals surface area contributed by atoms with Crippen molar-refractivity contribution in [3.63, 3.8) is 0 Å². The van der Waals surface area contributed by atoms with Gasteiger partial charge >= 0.3 is 0 Å². The fourth-order valence-electron chi connectivity index (χ4n) is 2.35. The van der Waals surface area contributed by atoms with Gasteiger partial charge in [-0.15, -0.1) is 0 Å². The van der Waals surface area contributed by atoms with E-state index in [2.05, 4.69) is 15.7 Å². The zero-order valence-corrected chi connectivity index (χ0v) is 11.6. The van der Waals surface area contributed by atoms with E-state index < -0.39 is 0 Å². The molecule has 0 atom stereocenters. The van der Waals surface area contributed by atoms with Crippen LogP contribution in [0.1, 0.15) is 42.6 Å². The smallest absolute Gasteiger partial charge is 0.270 e. The number of hydrogen-bond acceptors (Lipinski definition) is 5. The van der Waals surface area contributed by atoms with Crippen LogP contribution in [0.15, 0.2) is 18.2 Å². The van der Waals surface area contributed by atoms with Crippen molar-refractivity contribution >= 4 is 11.7 Å². The molecular weight excluding hydrogens is 256 g/mol. The van der Waals surface area contributed by atoms with E-state index in [1.165, 1.54) is 19.3 Å². The Bertz CT molecular complexity index is 433. The van der Waals surface area contributed by atoms with Crippen LogP contribution in [0.3, 0.4) is 0 Å². The lowest BCUT2D eigenvalue weighted by molar-refractivity contribution is 0.0299. The molecule has 1 aromatic heterocycles. The second kappa shape index (κ2) is 7.81. The number of hydrazine groups is 1. The lowest BCUT2D eigenvalue weighted by Gasteiger charge is -2.21. The summed E-state index contributed by atoms with van der Waals surface area (Å²) in [5.41, 5.74) is 2.76. The highest BCUT2D eigenvalue weighted by molar-refractivity contribution is 5.92. The molecule has 1 aliphatic carbocycles. The van der Waals surface area contributed by atoms with Gasteiger partial charge in [0.25, 0.3) is 5.91 Å². The molecule has 1 fully saturated rings. The first-order valence-electron chi connectivity index (χ1n) is 7.13. The molecule has 1 saturated carbocycles. The third-order valence-electron chi connectivity index (χ3n) is 3.42. The van der Waals surface area contributed by atoms with Gasteiger partial charge in [0, 0.05) is 6.54 Å². The average Bonchev–Trinajstić information content (AvgIpc) is 2.52. The maximum absolute atomic E-state index is 11.9. The first-order valence-corrected chi connectivity index (χ1v) is 7.13. The number of carbonyl (C=O) groups excluding carboxylic acids is 1. The van der Waals surface area contributed by atoms with E-state index in [9.17, 15) is 4.79 Å². The van der Waals surface area contributed by atoms with Crippen molar-refractivity contribution in [3.05, 3.63) is 23.9 Å². The van der Waals surface area contributed by atoms with E-state index in [-0.39, 0.29) is 5.91 Å². The fraction of sp³-hybridized carbons (Fsp3) is 0.571. The molecule has 20 heavy (non-hydrogen) atoms. The van der Waals surface area contributed by atoms with Crippen LogP contribution in [-0.2, 0) is 4.74 Å². The summed E-state index contributed by atoms with van der Waals surface area (Å²) in [4.78, 5) is 15.9. The Morgan fingerprint density at radius 2 is 2.15 bits per heavy atom. The molecule has 110 valence electrons. The van der Waals surface area contributed by atoms with Crippen molar-refractivity contribution in [3.8, 4) is 0 Å². The Balaban J connectivity index is 1.69. The summed E-state index contributed by atoms with van der Waals surface area (Å²) in [6, 6.07) is 5.08. The van der Waals surface area contributed by atoms with E-state index in [0.29, 0.717) is 30.8 Å². The Labute approximate surface area is 119 Å². The minimum atomic E-state index is -0.214. The number of hydrogen-bond donors (Lipinski definition) is 3. The van der Waals surface area contributed by atoms with Crippen molar-refractivity contribution in [2.75, 3.05) is 18.6 Å². The number of pyridine rings is 1. The van der Waals surface area contributed by atoms with Gasteiger partial charge in [0.2, 0.25) is 0 Å². The molecule has 2 rings (SSSR count). The second-order valence-corrected chi connectivity index (χ2v) is 4.94. The number of nitrogens with two attached hydrogens (primary N) is 1. The number of nitrogen functional groups attached to an aromatic ring is 1. The summed E-state index contributed by atoms with van der Waals surface area (Å²) in [5.74, 6) is 5.51. The lowest BCUT2D eigenvalue weighted by atomic mass is 9.98. The first-order chi connectivity index (χ1) is 9.79. The van der Waals surface area contributed by atoms with Gasteiger partial charge in [-0.3, -0.25) is 4.79 Å². The first kappa shape index (κ1) is 14.7. The Morgan fingerprint density at radius 1 is 1.35 bits per heavy atom. The van der Waals surface area contributed by atoms with Crippen LogP contribution in [0.25, 0.3) is 0 Å². The van der Waals surface area contributed by atoms with E-state index in [1.807, 2.05) is 0 Å². The highest BCUT2D eigenvalue weighted by Crippen LogP contribution is 2.19. The second-order valence-electron chi connectivity index (χ2n) is 4.94. The summed E-state index contributed by atoms with van der Waals surface area (Å²) in [5, 5.41) is 2.79. The Hall–Kier alpha value is -1.66. The molecule has 6 nitrogen and oxygen atoms in total. The van der Waals surface area contributed by atoms with Crippen LogP contribution in [0.2, 0.25) is 0 Å². The number of rotatable bonds is 6. The van der Waals surface area contributed by atoms with Crippen molar-refractivity contribution in [2.45, 2.75) is 38.2 Å². The summed E-state index contributed by atoms with van der Waals surface area (Å²) >= 11 is 0. The van der Waals surface area contributed by atoms with E-state index in [1.54, 1.807) is 18.2 Å². The highest BCUT2D eigenvalue weighted by Gasteiger charge is 2.13. The fourth-order valence-corrected chi connectivity index (χ4v) is 2.35. The number of ether oxygens (including phenoxy) is 1. The van der Waals surface area contributed by atoms with Gasteiger partial charge in [0.05, 0.1) is 12.7 Å². The highest BCUT2D eigenvalue weighted by atomic mass is 16.5. The SMILES string of the molecule is NNc1cccc(C(=O)NCCOC2CCCCC2)n1. The quantitative estimate of drug-likeness (QED) is 0.416. The molecule has 0 bridgehead atoms. The molecule has 0 spiro atoms. The molecule has 1 aromatic rings. The topological polar surface area (TPSA) is 89.3 Å². The van der Waals surface area contributed by atoms with Crippen molar-refractivity contribution in [2.24, 2.45) is 5.84 Å². The predicted molar refractivity (Wildman–Crippen MR) is 77.2 cm³/mol. The molecule has 0 unspecified atom stereocenters. The van der Waals surface area contributed by atoms with E-state index in [4.69, 9.17) is 10.6 Å². The van der Waals surface area contributed by atoms with Crippen LogP contribution in [-0.4, -0.2) is 30.1 Å². The van der Waals surface area contributed by atoms with Gasteiger partial charge in [-0.05, 0) is 25.0 Å². The van der Waals surface area contributed by atoms with Gasteiger partial charge < -0.3 is 15.5 Å². The molecule has 0 aliphatic heterocycles. The average molecular weight is 278 g/mol. The van der Waals surface area contributed by atoms with Gasteiger partial charge in [-0.25, -0.2) is 10.8 Å². The van der Waals surface area contributed by atoms with E-state index >= 15 is 0 Å². The minimum absolute atomic E-state index is 0.214. The summed E-state index contributed by atoms with van der Waals surface area (Å²) in [6.07, 6.45) is 6.45. The van der Waals surface area contributed by atoms with Crippen molar-refractivity contribution < 1.29 is 9.53 Å². The van der Waals surface area contributed by atoms with Crippen molar-refractivity contribution in [1.29, 1.82) is 0 Å². The molecule has 1 amide bonds. The van der Waals surface area contributed by atoms with Crippen LogP contribution in [0.5, 0.6) is 0 Å². The maximum atomic E-state index is 11.9. The number of nitrogens with one attached hydrogen (secondary N) is 2. The summed E-state index contributed by atoms with van der Waals surface area (Å²) in [7, 11) is 0. The monoisotopic (exact) mass is 278 g/mol. The lowest BCUT2D eigenvalue weighted by Crippen LogP contribution is -2.30. The minimum Gasteiger partial charge on any atom is -0.376 e. The Morgan fingerprint density at radius 3 is 2.90 bits per heavy atom. The van der Waals surface area contributed by atoms with Gasteiger partial charge in [-0.2, -0.15) is 0 Å². The Kier molecular flexibility index (Phi) is 5.76. The molecule has 0 radical (unpaired) electrons. The molecule has 6 heteroatoms. The number of anilines is 1. The molecular formula is C14H22N4O2. The standard InChI is InChI=1S/C14H22N4O2/c15-18-13-8-4-7-12(17-13)14(19)16-9-10-20-11-5-2-1-3-6-11/h4,7-8,11H,1-3,5-6,9-10,15H2,(H,16,19)(H,17,18). The van der Waals surface area contributed by atoms with Gasteiger partial charge in [-0.1, -0.05) is 25.3 Å². The third kappa shape index (κ3) is 4.47. The zero-order valence-electron chi connectivity index (χ0n) is 11.6. The number of nitrogens with zero attached hydrogens (tertiary/aromatic N) is 1. The molecule has 0 aromatic carbocycles. The van der Waals surface area contributed by atoms with Gasteiger partial charge in [0.1, 0.15) is 11.5 Å². The summed E-state index contributed by atoms with van der Waals surface area (Å²) < 4.78 is 5.75. The predicted octanol–water partition coefficient (Wildman–Crippen LogP) is 1.45. The molecule has 4 N–H and O–H groups in total. The van der Waals surface area contributed by atoms with Gasteiger partial charge in [0.15, 0.2) is 0 Å². The number of amides is 1. The largest absolute Gasteiger partial charge is 0.376 e. The summed E-state index contributed by atoms with van der Waals surface area (Å²) in [6.45, 7) is 1.04. The molecule has 1 aliphatic rings. The van der Waals surface area contributed by atoms with Crippen LogP contribution >= 0.6 is 0 Å². The molecule has 1 heterocycles.